The predicted octanol–water partition coefficient (Wildman–Crippen LogP) is 5.98. The average Bonchev–Trinajstić information content (AvgIpc) is 3.22. The van der Waals surface area contributed by atoms with Gasteiger partial charge in [-0.15, -0.1) is 0 Å². The third-order valence-electron chi connectivity index (χ3n) is 7.08. The molecule has 0 N–H and O–H groups in total. The fourth-order valence-electron chi connectivity index (χ4n) is 5.03. The largest absolute Gasteiger partial charge is 0.340 e. The van der Waals surface area contributed by atoms with Gasteiger partial charge in [-0.3, -0.25) is 9.69 Å². The summed E-state index contributed by atoms with van der Waals surface area (Å²) in [4.78, 5) is 22.1. The molecule has 5 nitrogen and oxygen atoms in total. The van der Waals surface area contributed by atoms with Crippen LogP contribution in [-0.4, -0.2) is 51.3 Å². The molecule has 0 aliphatic carbocycles. The molecule has 1 aliphatic heterocycles. The molecule has 0 radical (unpaired) electrons. The fourth-order valence-corrected chi connectivity index (χ4v) is 5.03. The zero-order chi connectivity index (χ0) is 25.2. The highest BCUT2D eigenvalue weighted by molar-refractivity contribution is 5.76. The van der Waals surface area contributed by atoms with Crippen LogP contribution in [0.5, 0.6) is 0 Å². The van der Waals surface area contributed by atoms with E-state index in [1.54, 1.807) is 0 Å². The highest BCUT2D eigenvalue weighted by Gasteiger charge is 2.24. The van der Waals surface area contributed by atoms with E-state index in [9.17, 15) is 4.79 Å². The number of imidazole rings is 1. The van der Waals surface area contributed by atoms with E-state index < -0.39 is 0 Å². The summed E-state index contributed by atoms with van der Waals surface area (Å²) in [5, 5.41) is 0. The van der Waals surface area contributed by atoms with Crippen LogP contribution in [0.3, 0.4) is 0 Å². The second-order valence-corrected chi connectivity index (χ2v) is 10.5. The SMILES string of the molecule is Cc1ccc(-c2nc3ccc(-c4cccc(C)c4)cn3c2CN2CCN(C(=O)CC(C)C)CC2)cc1. The molecule has 5 rings (SSSR count). The molecule has 2 aromatic carbocycles. The van der Waals surface area contributed by atoms with Crippen molar-refractivity contribution in [2.24, 2.45) is 5.92 Å². The van der Waals surface area contributed by atoms with E-state index in [0.29, 0.717) is 12.3 Å². The van der Waals surface area contributed by atoms with Gasteiger partial charge >= 0.3 is 0 Å². The summed E-state index contributed by atoms with van der Waals surface area (Å²) in [6, 6.07) is 21.6. The third-order valence-corrected chi connectivity index (χ3v) is 7.08. The molecule has 1 amide bonds. The molecule has 0 atom stereocenters. The first-order chi connectivity index (χ1) is 17.4. The molecule has 1 saturated heterocycles. The van der Waals surface area contributed by atoms with Crippen LogP contribution >= 0.6 is 0 Å². The Kier molecular flexibility index (Phi) is 6.92. The molecule has 2 aromatic heterocycles. The Labute approximate surface area is 214 Å². The number of pyridine rings is 1. The molecular weight excluding hydrogens is 444 g/mol. The summed E-state index contributed by atoms with van der Waals surface area (Å²) in [5.41, 5.74) is 9.23. The van der Waals surface area contributed by atoms with Crippen molar-refractivity contribution in [1.82, 2.24) is 19.2 Å². The first-order valence-corrected chi connectivity index (χ1v) is 13.0. The van der Waals surface area contributed by atoms with Gasteiger partial charge < -0.3 is 9.30 Å². The van der Waals surface area contributed by atoms with Crippen molar-refractivity contribution in [3.8, 4) is 22.4 Å². The summed E-state index contributed by atoms with van der Waals surface area (Å²) in [6.45, 7) is 12.6. The molecule has 186 valence electrons. The first kappa shape index (κ1) is 24.3. The number of aromatic nitrogens is 2. The van der Waals surface area contributed by atoms with E-state index in [1.165, 1.54) is 27.9 Å². The van der Waals surface area contributed by atoms with Crippen LogP contribution in [-0.2, 0) is 11.3 Å². The lowest BCUT2D eigenvalue weighted by Crippen LogP contribution is -2.48. The fraction of sp³-hybridized carbons (Fsp3) is 0.355. The topological polar surface area (TPSA) is 40.9 Å². The monoisotopic (exact) mass is 480 g/mol. The van der Waals surface area contributed by atoms with Crippen LogP contribution < -0.4 is 0 Å². The molecule has 3 heterocycles. The van der Waals surface area contributed by atoms with Gasteiger partial charge in [-0.2, -0.15) is 0 Å². The molecule has 0 spiro atoms. The Morgan fingerprint density at radius 2 is 1.58 bits per heavy atom. The second kappa shape index (κ2) is 10.3. The van der Waals surface area contributed by atoms with Crippen molar-refractivity contribution < 1.29 is 4.79 Å². The van der Waals surface area contributed by atoms with E-state index in [4.69, 9.17) is 4.98 Å². The Balaban J connectivity index is 1.48. The van der Waals surface area contributed by atoms with E-state index >= 15 is 0 Å². The van der Waals surface area contributed by atoms with Crippen LogP contribution in [0, 0.1) is 19.8 Å². The molecular formula is C31H36N4O. The molecule has 0 unspecified atom stereocenters. The Hall–Kier alpha value is -3.44. The minimum absolute atomic E-state index is 0.280. The summed E-state index contributed by atoms with van der Waals surface area (Å²) in [7, 11) is 0. The minimum Gasteiger partial charge on any atom is -0.340 e. The van der Waals surface area contributed by atoms with Crippen LogP contribution in [0.2, 0.25) is 0 Å². The third kappa shape index (κ3) is 5.21. The van der Waals surface area contributed by atoms with Gasteiger partial charge in [-0.1, -0.05) is 73.5 Å². The number of benzene rings is 2. The molecule has 5 heteroatoms. The molecule has 36 heavy (non-hydrogen) atoms. The molecule has 4 aromatic rings. The summed E-state index contributed by atoms with van der Waals surface area (Å²) in [6.07, 6.45) is 2.86. The zero-order valence-corrected chi connectivity index (χ0v) is 21.9. The number of carbonyl (C=O) groups excluding carboxylic acids is 1. The van der Waals surface area contributed by atoms with Gasteiger partial charge in [0.2, 0.25) is 5.91 Å². The second-order valence-electron chi connectivity index (χ2n) is 10.5. The number of carbonyl (C=O) groups is 1. The summed E-state index contributed by atoms with van der Waals surface area (Å²) >= 11 is 0. The number of amides is 1. The predicted molar refractivity (Wildman–Crippen MR) is 147 cm³/mol. The maximum atomic E-state index is 12.6. The number of hydrogen-bond donors (Lipinski definition) is 0. The zero-order valence-electron chi connectivity index (χ0n) is 21.9. The van der Waals surface area contributed by atoms with Crippen LogP contribution in [0.1, 0.15) is 37.1 Å². The number of aryl methyl sites for hydroxylation is 2. The van der Waals surface area contributed by atoms with E-state index in [1.807, 2.05) is 4.90 Å². The molecule has 1 aliphatic rings. The van der Waals surface area contributed by atoms with Crippen molar-refractivity contribution in [2.45, 2.75) is 40.7 Å². The summed E-state index contributed by atoms with van der Waals surface area (Å²) in [5.74, 6) is 0.677. The average molecular weight is 481 g/mol. The first-order valence-electron chi connectivity index (χ1n) is 13.0. The van der Waals surface area contributed by atoms with Crippen molar-refractivity contribution in [1.29, 1.82) is 0 Å². The Morgan fingerprint density at radius 1 is 0.861 bits per heavy atom. The van der Waals surface area contributed by atoms with Gasteiger partial charge in [-0.05, 0) is 43.0 Å². The highest BCUT2D eigenvalue weighted by Crippen LogP contribution is 2.29. The van der Waals surface area contributed by atoms with Gasteiger partial charge in [-0.25, -0.2) is 4.98 Å². The van der Waals surface area contributed by atoms with E-state index in [2.05, 4.69) is 104 Å². The molecule has 0 bridgehead atoms. The quantitative estimate of drug-likeness (QED) is 0.341. The lowest BCUT2D eigenvalue weighted by molar-refractivity contribution is -0.133. The normalized spacial score (nSPS) is 14.6. The lowest BCUT2D eigenvalue weighted by atomic mass is 10.1. The molecule has 1 fully saturated rings. The van der Waals surface area contributed by atoms with Crippen LogP contribution in [0.25, 0.3) is 28.0 Å². The highest BCUT2D eigenvalue weighted by atomic mass is 16.2. The van der Waals surface area contributed by atoms with Gasteiger partial charge in [0, 0.05) is 50.9 Å². The standard InChI is InChI=1S/C31H36N4O/c1-22(2)18-30(36)34-16-14-33(15-17-34)21-28-31(25-10-8-23(3)9-11-25)32-29-13-12-27(20-35(28)29)26-7-5-6-24(4)19-26/h5-13,19-20,22H,14-18,21H2,1-4H3. The van der Waals surface area contributed by atoms with Crippen LogP contribution in [0.4, 0.5) is 0 Å². The summed E-state index contributed by atoms with van der Waals surface area (Å²) < 4.78 is 2.27. The van der Waals surface area contributed by atoms with E-state index in [-0.39, 0.29) is 5.91 Å². The van der Waals surface area contributed by atoms with Gasteiger partial charge in [0.15, 0.2) is 0 Å². The number of fused-ring (bicyclic) bond motifs is 1. The van der Waals surface area contributed by atoms with Crippen LogP contribution in [0.15, 0.2) is 66.9 Å². The Bertz CT molecular complexity index is 1360. The lowest BCUT2D eigenvalue weighted by Gasteiger charge is -2.35. The smallest absolute Gasteiger partial charge is 0.222 e. The minimum atomic E-state index is 0.280. The number of rotatable bonds is 6. The maximum absolute atomic E-state index is 12.6. The van der Waals surface area contributed by atoms with E-state index in [0.717, 1.165) is 49.6 Å². The molecule has 0 saturated carbocycles. The van der Waals surface area contributed by atoms with Gasteiger partial charge in [0.25, 0.3) is 0 Å². The number of nitrogens with zero attached hydrogens (tertiary/aromatic N) is 4. The van der Waals surface area contributed by atoms with Gasteiger partial charge in [0.05, 0.1) is 11.4 Å². The number of hydrogen-bond acceptors (Lipinski definition) is 3. The number of piperazine rings is 1. The maximum Gasteiger partial charge on any atom is 0.222 e. The van der Waals surface area contributed by atoms with Crippen molar-refractivity contribution in [2.75, 3.05) is 26.2 Å². The van der Waals surface area contributed by atoms with Gasteiger partial charge in [0.1, 0.15) is 5.65 Å². The van der Waals surface area contributed by atoms with Crippen molar-refractivity contribution in [3.63, 3.8) is 0 Å². The Morgan fingerprint density at radius 3 is 2.28 bits per heavy atom. The van der Waals surface area contributed by atoms with Crippen molar-refractivity contribution >= 4 is 11.6 Å². The van der Waals surface area contributed by atoms with Crippen molar-refractivity contribution in [3.05, 3.63) is 83.7 Å².